The average Bonchev–Trinajstić information content (AvgIpc) is 3.20. The highest BCUT2D eigenvalue weighted by atomic mass is 16.5. The van der Waals surface area contributed by atoms with Gasteiger partial charge in [-0.15, -0.1) is 0 Å². The molecule has 0 aliphatic heterocycles. The lowest BCUT2D eigenvalue weighted by molar-refractivity contribution is -0.137. The van der Waals surface area contributed by atoms with Crippen LogP contribution in [0.2, 0.25) is 0 Å². The summed E-state index contributed by atoms with van der Waals surface area (Å²) in [6.07, 6.45) is 9.90. The molecule has 4 heteroatoms. The van der Waals surface area contributed by atoms with Gasteiger partial charge in [-0.3, -0.25) is 4.98 Å². The van der Waals surface area contributed by atoms with E-state index in [-0.39, 0.29) is 5.97 Å². The molecule has 3 rings (SSSR count). The van der Waals surface area contributed by atoms with Gasteiger partial charge in [-0.2, -0.15) is 0 Å². The molecule has 26 heavy (non-hydrogen) atoms. The molecule has 2 aromatic rings. The monoisotopic (exact) mass is 351 g/mol. The van der Waals surface area contributed by atoms with Crippen molar-refractivity contribution < 1.29 is 14.3 Å². The number of nitrogens with zero attached hydrogens (tertiary/aromatic N) is 1. The zero-order chi connectivity index (χ0) is 18.2. The van der Waals surface area contributed by atoms with Gasteiger partial charge in [-0.25, -0.2) is 4.79 Å². The molecule has 4 nitrogen and oxygen atoms in total. The summed E-state index contributed by atoms with van der Waals surface area (Å²) in [7, 11) is 0. The van der Waals surface area contributed by atoms with E-state index >= 15 is 0 Å². The van der Waals surface area contributed by atoms with E-state index in [0.29, 0.717) is 19.1 Å². The van der Waals surface area contributed by atoms with Crippen LogP contribution >= 0.6 is 0 Å². The Hall–Kier alpha value is -2.62. The van der Waals surface area contributed by atoms with E-state index in [2.05, 4.69) is 11.1 Å². The molecule has 0 spiro atoms. The topological polar surface area (TPSA) is 48.4 Å². The Bertz CT molecular complexity index is 749. The molecule has 0 saturated heterocycles. The summed E-state index contributed by atoms with van der Waals surface area (Å²) in [5.74, 6) is 1.03. The summed E-state index contributed by atoms with van der Waals surface area (Å²) >= 11 is 0. The maximum atomic E-state index is 11.7. The minimum atomic E-state index is -0.338. The standard InChI is InChI=1S/C22H25NO3/c1-2-25-21(24)14-13-18-10-7-12-20(17-8-3-4-9-17)22(18)26-16-19-11-5-6-15-23-19/h5-7,10-15,17H,2-4,8-9,16H2,1H3. The van der Waals surface area contributed by atoms with Crippen LogP contribution in [-0.2, 0) is 16.1 Å². The Labute approximate surface area is 154 Å². The van der Waals surface area contributed by atoms with Gasteiger partial charge in [0.05, 0.1) is 12.3 Å². The van der Waals surface area contributed by atoms with Crippen molar-refractivity contribution in [3.63, 3.8) is 0 Å². The average molecular weight is 351 g/mol. The van der Waals surface area contributed by atoms with E-state index in [4.69, 9.17) is 9.47 Å². The highest BCUT2D eigenvalue weighted by Gasteiger charge is 2.22. The van der Waals surface area contributed by atoms with Crippen molar-refractivity contribution in [1.82, 2.24) is 4.98 Å². The summed E-state index contributed by atoms with van der Waals surface area (Å²) in [5, 5.41) is 0. The molecule has 1 fully saturated rings. The number of para-hydroxylation sites is 1. The van der Waals surface area contributed by atoms with Gasteiger partial charge in [0.25, 0.3) is 0 Å². The van der Waals surface area contributed by atoms with Crippen LogP contribution in [0, 0.1) is 0 Å². The van der Waals surface area contributed by atoms with E-state index in [1.807, 2.05) is 30.3 Å². The SMILES string of the molecule is CCOC(=O)C=Cc1cccc(C2CCCC2)c1OCc1ccccn1. The van der Waals surface area contributed by atoms with E-state index in [1.54, 1.807) is 19.2 Å². The molecule has 0 unspecified atom stereocenters. The molecule has 1 aromatic carbocycles. The van der Waals surface area contributed by atoms with Gasteiger partial charge >= 0.3 is 5.97 Å². The third-order valence-electron chi connectivity index (χ3n) is 4.65. The number of carbonyl (C=O) groups excluding carboxylic acids is 1. The van der Waals surface area contributed by atoms with Crippen molar-refractivity contribution in [3.8, 4) is 5.75 Å². The minimum Gasteiger partial charge on any atom is -0.486 e. The van der Waals surface area contributed by atoms with Gasteiger partial charge in [-0.1, -0.05) is 37.1 Å². The summed E-state index contributed by atoms with van der Waals surface area (Å²) in [6, 6.07) is 11.9. The molecule has 1 aliphatic rings. The van der Waals surface area contributed by atoms with Crippen LogP contribution in [0.15, 0.2) is 48.7 Å². The van der Waals surface area contributed by atoms with Crippen molar-refractivity contribution in [2.45, 2.75) is 45.1 Å². The number of esters is 1. The second-order valence-electron chi connectivity index (χ2n) is 6.44. The second kappa shape index (κ2) is 9.18. The van der Waals surface area contributed by atoms with Crippen LogP contribution in [-0.4, -0.2) is 17.6 Å². The van der Waals surface area contributed by atoms with Gasteiger partial charge in [0, 0.05) is 17.8 Å². The van der Waals surface area contributed by atoms with E-state index in [9.17, 15) is 4.79 Å². The van der Waals surface area contributed by atoms with Crippen LogP contribution in [0.25, 0.3) is 6.08 Å². The summed E-state index contributed by atoms with van der Waals surface area (Å²) in [5.41, 5.74) is 3.01. The number of benzene rings is 1. The molecule has 1 aromatic heterocycles. The smallest absolute Gasteiger partial charge is 0.330 e. The van der Waals surface area contributed by atoms with E-state index in [0.717, 1.165) is 17.0 Å². The fraction of sp³-hybridized carbons (Fsp3) is 0.364. The lowest BCUT2D eigenvalue weighted by Gasteiger charge is -2.18. The Morgan fingerprint density at radius 1 is 1.19 bits per heavy atom. The molecule has 1 heterocycles. The maximum absolute atomic E-state index is 11.7. The zero-order valence-electron chi connectivity index (χ0n) is 15.2. The Balaban J connectivity index is 1.87. The fourth-order valence-corrected chi connectivity index (χ4v) is 3.41. The lowest BCUT2D eigenvalue weighted by Crippen LogP contribution is -2.04. The largest absolute Gasteiger partial charge is 0.486 e. The molecular formula is C22H25NO3. The lowest BCUT2D eigenvalue weighted by atomic mass is 9.94. The normalized spacial score (nSPS) is 14.7. The number of aromatic nitrogens is 1. The number of pyridine rings is 1. The predicted molar refractivity (Wildman–Crippen MR) is 102 cm³/mol. The van der Waals surface area contributed by atoms with Crippen LogP contribution < -0.4 is 4.74 Å². The van der Waals surface area contributed by atoms with Crippen molar-refractivity contribution >= 4 is 12.0 Å². The first-order chi connectivity index (χ1) is 12.8. The molecular weight excluding hydrogens is 326 g/mol. The summed E-state index contributed by atoms with van der Waals surface area (Å²) < 4.78 is 11.2. The number of hydrogen-bond acceptors (Lipinski definition) is 4. The number of rotatable bonds is 7. The molecule has 0 N–H and O–H groups in total. The third-order valence-corrected chi connectivity index (χ3v) is 4.65. The Morgan fingerprint density at radius 3 is 2.77 bits per heavy atom. The van der Waals surface area contributed by atoms with Crippen LogP contribution in [0.1, 0.15) is 55.3 Å². The van der Waals surface area contributed by atoms with Gasteiger partial charge in [-0.05, 0) is 49.5 Å². The Morgan fingerprint density at radius 2 is 2.04 bits per heavy atom. The molecule has 0 atom stereocenters. The van der Waals surface area contributed by atoms with Crippen molar-refractivity contribution in [2.24, 2.45) is 0 Å². The Kier molecular flexibility index (Phi) is 6.42. The molecule has 136 valence electrons. The minimum absolute atomic E-state index is 0.338. The van der Waals surface area contributed by atoms with Crippen molar-refractivity contribution in [3.05, 3.63) is 65.5 Å². The van der Waals surface area contributed by atoms with Crippen molar-refractivity contribution in [2.75, 3.05) is 6.61 Å². The quantitative estimate of drug-likeness (QED) is 0.526. The van der Waals surface area contributed by atoms with Gasteiger partial charge < -0.3 is 9.47 Å². The molecule has 0 bridgehead atoms. The fourth-order valence-electron chi connectivity index (χ4n) is 3.41. The first kappa shape index (κ1) is 18.2. The maximum Gasteiger partial charge on any atom is 0.330 e. The van der Waals surface area contributed by atoms with Gasteiger partial charge in [0.1, 0.15) is 12.4 Å². The van der Waals surface area contributed by atoms with Gasteiger partial charge in [0.15, 0.2) is 0 Å². The number of ether oxygens (including phenoxy) is 2. The van der Waals surface area contributed by atoms with Crippen LogP contribution in [0.5, 0.6) is 5.75 Å². The van der Waals surface area contributed by atoms with E-state index in [1.165, 1.54) is 37.3 Å². The van der Waals surface area contributed by atoms with E-state index < -0.39 is 0 Å². The first-order valence-corrected chi connectivity index (χ1v) is 9.28. The third kappa shape index (κ3) is 4.72. The first-order valence-electron chi connectivity index (χ1n) is 9.28. The molecule has 1 saturated carbocycles. The summed E-state index contributed by atoms with van der Waals surface area (Å²) in [6.45, 7) is 2.58. The molecule has 0 radical (unpaired) electrons. The molecule has 0 amide bonds. The van der Waals surface area contributed by atoms with Gasteiger partial charge in [0.2, 0.25) is 0 Å². The molecule has 1 aliphatic carbocycles. The summed E-state index contributed by atoms with van der Waals surface area (Å²) in [4.78, 5) is 16.0. The van der Waals surface area contributed by atoms with Crippen molar-refractivity contribution in [1.29, 1.82) is 0 Å². The highest BCUT2D eigenvalue weighted by Crippen LogP contribution is 2.40. The van der Waals surface area contributed by atoms with Crippen LogP contribution in [0.4, 0.5) is 0 Å². The predicted octanol–water partition coefficient (Wildman–Crippen LogP) is 4.89. The zero-order valence-corrected chi connectivity index (χ0v) is 15.2. The second-order valence-corrected chi connectivity index (χ2v) is 6.44. The van der Waals surface area contributed by atoms with Crippen LogP contribution in [0.3, 0.4) is 0 Å². The number of carbonyl (C=O) groups is 1. The number of hydrogen-bond donors (Lipinski definition) is 0. The highest BCUT2D eigenvalue weighted by molar-refractivity contribution is 5.87.